The molecular formula is C11H16N4O3. The Morgan fingerprint density at radius 2 is 1.94 bits per heavy atom. The highest BCUT2D eigenvalue weighted by Gasteiger charge is 2.21. The monoisotopic (exact) mass is 252 g/mol. The van der Waals surface area contributed by atoms with Crippen molar-refractivity contribution in [3.8, 4) is 0 Å². The van der Waals surface area contributed by atoms with E-state index in [0.717, 1.165) is 0 Å². The summed E-state index contributed by atoms with van der Waals surface area (Å²) < 4.78 is 0. The molecule has 1 aromatic heterocycles. The Morgan fingerprint density at radius 1 is 1.28 bits per heavy atom. The van der Waals surface area contributed by atoms with Gasteiger partial charge >= 0.3 is 5.97 Å². The first-order chi connectivity index (χ1) is 8.45. The minimum absolute atomic E-state index is 0.0945. The molecule has 1 rings (SSSR count). The summed E-state index contributed by atoms with van der Waals surface area (Å²) in [4.78, 5) is 22.2. The van der Waals surface area contributed by atoms with Crippen molar-refractivity contribution in [2.45, 2.75) is 19.9 Å². The van der Waals surface area contributed by atoms with E-state index in [1.807, 2.05) is 0 Å². The number of carbonyl (C=O) groups excluding carboxylic acids is 1. The SMILES string of the molecule is CNC(=O)c1ccc(N[C@H](C(=O)O)C(C)C)nn1. The molecular weight excluding hydrogens is 236 g/mol. The van der Waals surface area contributed by atoms with Crippen LogP contribution in [-0.2, 0) is 4.79 Å². The van der Waals surface area contributed by atoms with Gasteiger partial charge in [0.1, 0.15) is 11.9 Å². The zero-order valence-electron chi connectivity index (χ0n) is 10.5. The standard InChI is InChI=1S/C11H16N4O3/c1-6(2)9(11(17)18)13-8-5-4-7(14-15-8)10(16)12-3/h4-6,9H,1-3H3,(H,12,16)(H,13,15)(H,17,18)/t9-/m0/s1. The van der Waals surface area contributed by atoms with Crippen LogP contribution in [0.5, 0.6) is 0 Å². The lowest BCUT2D eigenvalue weighted by atomic mass is 10.1. The van der Waals surface area contributed by atoms with Crippen molar-refractivity contribution in [3.05, 3.63) is 17.8 Å². The molecule has 0 saturated heterocycles. The van der Waals surface area contributed by atoms with Gasteiger partial charge in [0.05, 0.1) is 0 Å². The largest absolute Gasteiger partial charge is 0.480 e. The van der Waals surface area contributed by atoms with Crippen molar-refractivity contribution in [1.82, 2.24) is 15.5 Å². The third-order valence-corrected chi connectivity index (χ3v) is 2.36. The molecule has 1 heterocycles. The first kappa shape index (κ1) is 13.9. The molecule has 0 aromatic carbocycles. The van der Waals surface area contributed by atoms with E-state index in [4.69, 9.17) is 5.11 Å². The van der Waals surface area contributed by atoms with Crippen LogP contribution >= 0.6 is 0 Å². The summed E-state index contributed by atoms with van der Waals surface area (Å²) >= 11 is 0. The summed E-state index contributed by atoms with van der Waals surface area (Å²) in [5, 5.41) is 21.7. The first-order valence-corrected chi connectivity index (χ1v) is 5.51. The van der Waals surface area contributed by atoms with E-state index < -0.39 is 12.0 Å². The summed E-state index contributed by atoms with van der Waals surface area (Å²) in [6.07, 6.45) is 0. The van der Waals surface area contributed by atoms with E-state index >= 15 is 0 Å². The molecule has 0 spiro atoms. The Kier molecular flexibility index (Phi) is 4.59. The van der Waals surface area contributed by atoms with Gasteiger partial charge in [0.2, 0.25) is 0 Å². The molecule has 0 unspecified atom stereocenters. The van der Waals surface area contributed by atoms with Gasteiger partial charge in [0.15, 0.2) is 5.69 Å². The smallest absolute Gasteiger partial charge is 0.326 e. The highest BCUT2D eigenvalue weighted by Crippen LogP contribution is 2.10. The molecule has 0 aliphatic rings. The number of carbonyl (C=O) groups is 2. The maximum atomic E-state index is 11.2. The first-order valence-electron chi connectivity index (χ1n) is 5.51. The Hall–Kier alpha value is -2.18. The second kappa shape index (κ2) is 5.95. The molecule has 98 valence electrons. The average molecular weight is 252 g/mol. The van der Waals surface area contributed by atoms with Crippen molar-refractivity contribution >= 4 is 17.7 Å². The summed E-state index contributed by atoms with van der Waals surface area (Å²) in [5.41, 5.74) is 0.180. The minimum Gasteiger partial charge on any atom is -0.480 e. The maximum absolute atomic E-state index is 11.2. The number of amides is 1. The van der Waals surface area contributed by atoms with Gasteiger partial charge in [-0.15, -0.1) is 10.2 Å². The molecule has 0 fully saturated rings. The molecule has 1 aromatic rings. The molecule has 3 N–H and O–H groups in total. The topological polar surface area (TPSA) is 104 Å². The number of nitrogens with one attached hydrogen (secondary N) is 2. The maximum Gasteiger partial charge on any atom is 0.326 e. The van der Waals surface area contributed by atoms with Gasteiger partial charge in [-0.2, -0.15) is 0 Å². The van der Waals surface area contributed by atoms with Gasteiger partial charge in [-0.3, -0.25) is 4.79 Å². The second-order valence-electron chi connectivity index (χ2n) is 4.09. The zero-order valence-corrected chi connectivity index (χ0v) is 10.5. The minimum atomic E-state index is -0.956. The highest BCUT2D eigenvalue weighted by molar-refractivity contribution is 5.91. The molecule has 7 heteroatoms. The molecule has 0 radical (unpaired) electrons. The summed E-state index contributed by atoms with van der Waals surface area (Å²) in [6.45, 7) is 3.58. The summed E-state index contributed by atoms with van der Waals surface area (Å²) in [5.74, 6) is -1.07. The number of carboxylic acids is 1. The van der Waals surface area contributed by atoms with E-state index in [-0.39, 0.29) is 17.5 Å². The van der Waals surface area contributed by atoms with Gasteiger partial charge in [-0.1, -0.05) is 13.8 Å². The van der Waals surface area contributed by atoms with Gasteiger partial charge < -0.3 is 15.7 Å². The lowest BCUT2D eigenvalue weighted by molar-refractivity contribution is -0.138. The van der Waals surface area contributed by atoms with E-state index in [1.54, 1.807) is 13.8 Å². The lowest BCUT2D eigenvalue weighted by Gasteiger charge is -2.17. The fourth-order valence-electron chi connectivity index (χ4n) is 1.33. The number of anilines is 1. The van der Waals surface area contributed by atoms with Crippen LogP contribution < -0.4 is 10.6 Å². The number of hydrogen-bond acceptors (Lipinski definition) is 5. The second-order valence-corrected chi connectivity index (χ2v) is 4.09. The molecule has 0 aliphatic carbocycles. The highest BCUT2D eigenvalue weighted by atomic mass is 16.4. The number of aliphatic carboxylic acids is 1. The molecule has 0 aliphatic heterocycles. The summed E-state index contributed by atoms with van der Waals surface area (Å²) in [7, 11) is 1.50. The number of rotatable bonds is 5. The fourth-order valence-corrected chi connectivity index (χ4v) is 1.33. The third-order valence-electron chi connectivity index (χ3n) is 2.36. The van der Waals surface area contributed by atoms with Crippen LogP contribution in [0.1, 0.15) is 24.3 Å². The van der Waals surface area contributed by atoms with Crippen molar-refractivity contribution < 1.29 is 14.7 Å². The van der Waals surface area contributed by atoms with Gasteiger partial charge in [0, 0.05) is 7.05 Å². The summed E-state index contributed by atoms with van der Waals surface area (Å²) in [6, 6.07) is 2.26. The van der Waals surface area contributed by atoms with Crippen LogP contribution in [0.3, 0.4) is 0 Å². The van der Waals surface area contributed by atoms with Crippen molar-refractivity contribution in [2.75, 3.05) is 12.4 Å². The molecule has 7 nitrogen and oxygen atoms in total. The third kappa shape index (κ3) is 3.41. The average Bonchev–Trinajstić information content (AvgIpc) is 2.35. The normalized spacial score (nSPS) is 12.0. The predicted octanol–water partition coefficient (Wildman–Crippen LogP) is 0.357. The van der Waals surface area contributed by atoms with Crippen LogP contribution in [0.4, 0.5) is 5.82 Å². The molecule has 1 atom stereocenters. The molecule has 18 heavy (non-hydrogen) atoms. The number of aromatic nitrogens is 2. The van der Waals surface area contributed by atoms with Crippen molar-refractivity contribution in [3.63, 3.8) is 0 Å². The van der Waals surface area contributed by atoms with Crippen molar-refractivity contribution in [2.24, 2.45) is 5.92 Å². The zero-order chi connectivity index (χ0) is 13.7. The molecule has 1 amide bonds. The number of hydrogen-bond donors (Lipinski definition) is 3. The van der Waals surface area contributed by atoms with Crippen LogP contribution in [0.2, 0.25) is 0 Å². The molecule has 0 bridgehead atoms. The van der Waals surface area contributed by atoms with Gasteiger partial charge in [-0.25, -0.2) is 4.79 Å². The lowest BCUT2D eigenvalue weighted by Crippen LogP contribution is -2.34. The quantitative estimate of drug-likeness (QED) is 0.698. The van der Waals surface area contributed by atoms with Gasteiger partial charge in [-0.05, 0) is 18.1 Å². The Bertz CT molecular complexity index is 430. The van der Waals surface area contributed by atoms with E-state index in [9.17, 15) is 9.59 Å². The van der Waals surface area contributed by atoms with Crippen LogP contribution in [0, 0.1) is 5.92 Å². The Balaban J connectivity index is 2.79. The van der Waals surface area contributed by atoms with Gasteiger partial charge in [0.25, 0.3) is 5.91 Å². The van der Waals surface area contributed by atoms with E-state index in [0.29, 0.717) is 5.82 Å². The number of nitrogens with zero attached hydrogens (tertiary/aromatic N) is 2. The fraction of sp³-hybridized carbons (Fsp3) is 0.455. The van der Waals surface area contributed by atoms with E-state index in [1.165, 1.54) is 19.2 Å². The van der Waals surface area contributed by atoms with Crippen LogP contribution in [0.15, 0.2) is 12.1 Å². The molecule has 0 saturated carbocycles. The Labute approximate surface area is 105 Å². The van der Waals surface area contributed by atoms with Crippen molar-refractivity contribution in [1.29, 1.82) is 0 Å². The van der Waals surface area contributed by atoms with Crippen LogP contribution in [0.25, 0.3) is 0 Å². The predicted molar refractivity (Wildman–Crippen MR) is 65.3 cm³/mol. The van der Waals surface area contributed by atoms with E-state index in [2.05, 4.69) is 20.8 Å². The number of carboxylic acid groups (broad SMARTS) is 1. The van der Waals surface area contributed by atoms with Crippen LogP contribution in [-0.4, -0.2) is 40.3 Å². The Morgan fingerprint density at radius 3 is 2.33 bits per heavy atom.